The molecule has 0 radical (unpaired) electrons. The van der Waals surface area contributed by atoms with Crippen LogP contribution in [0.4, 0.5) is 0 Å². The maximum atomic E-state index is 9.16. The van der Waals surface area contributed by atoms with Gasteiger partial charge in [0.15, 0.2) is 0 Å². The van der Waals surface area contributed by atoms with Gasteiger partial charge in [-0.05, 0) is 16.7 Å². The van der Waals surface area contributed by atoms with E-state index >= 15 is 0 Å². The predicted octanol–water partition coefficient (Wildman–Crippen LogP) is 2.30. The highest BCUT2D eigenvalue weighted by Gasteiger charge is 2.01. The zero-order valence-electron chi connectivity index (χ0n) is 8.30. The second-order valence-corrected chi connectivity index (χ2v) is 3.43. The summed E-state index contributed by atoms with van der Waals surface area (Å²) in [5, 5.41) is 9.16. The maximum Gasteiger partial charge on any atom is 0.128 e. The highest BCUT2D eigenvalue weighted by atomic mass is 16.3. The Morgan fingerprint density at radius 2 is 1.33 bits per heavy atom. The van der Waals surface area contributed by atoms with Gasteiger partial charge in [-0.15, -0.1) is 0 Å². The molecule has 1 unspecified atom stereocenters. The molecule has 2 aromatic rings. The lowest BCUT2D eigenvalue weighted by Crippen LogP contribution is -2.07. The molecule has 76 valence electrons. The van der Waals surface area contributed by atoms with Gasteiger partial charge in [0, 0.05) is 0 Å². The molecule has 0 amide bonds. The quantitative estimate of drug-likeness (QED) is 0.729. The van der Waals surface area contributed by atoms with Crippen molar-refractivity contribution in [1.29, 1.82) is 0 Å². The van der Waals surface area contributed by atoms with Gasteiger partial charge in [-0.3, -0.25) is 0 Å². The van der Waals surface area contributed by atoms with Crippen molar-refractivity contribution in [3.05, 3.63) is 60.2 Å². The molecule has 1 atom stereocenters. The van der Waals surface area contributed by atoms with E-state index in [-0.39, 0.29) is 0 Å². The van der Waals surface area contributed by atoms with E-state index in [1.807, 2.05) is 54.6 Å². The van der Waals surface area contributed by atoms with Crippen molar-refractivity contribution in [2.75, 3.05) is 0 Å². The molecular weight excluding hydrogens is 186 g/mol. The number of hydrogen-bond donors (Lipinski definition) is 2. The van der Waals surface area contributed by atoms with E-state index in [1.165, 1.54) is 0 Å². The van der Waals surface area contributed by atoms with Crippen molar-refractivity contribution in [2.45, 2.75) is 6.23 Å². The predicted molar refractivity (Wildman–Crippen MR) is 61.0 cm³/mol. The maximum absolute atomic E-state index is 9.16. The first-order chi connectivity index (χ1) is 7.27. The highest BCUT2D eigenvalue weighted by Crippen LogP contribution is 2.20. The zero-order valence-corrected chi connectivity index (χ0v) is 8.30. The van der Waals surface area contributed by atoms with E-state index in [4.69, 9.17) is 10.8 Å². The molecule has 0 saturated heterocycles. The van der Waals surface area contributed by atoms with Crippen molar-refractivity contribution in [3.8, 4) is 11.1 Å². The molecule has 0 aliphatic carbocycles. The number of aliphatic hydroxyl groups is 1. The minimum Gasteiger partial charge on any atom is -0.375 e. The topological polar surface area (TPSA) is 46.2 Å². The van der Waals surface area contributed by atoms with E-state index in [2.05, 4.69) is 0 Å². The lowest BCUT2D eigenvalue weighted by atomic mass is 10.0. The Morgan fingerprint density at radius 1 is 0.800 bits per heavy atom. The van der Waals surface area contributed by atoms with Crippen LogP contribution in [0.3, 0.4) is 0 Å². The number of benzene rings is 2. The molecule has 0 spiro atoms. The monoisotopic (exact) mass is 199 g/mol. The van der Waals surface area contributed by atoms with Gasteiger partial charge in [0.2, 0.25) is 0 Å². The minimum absolute atomic E-state index is 0.731. The lowest BCUT2D eigenvalue weighted by molar-refractivity contribution is 0.186. The minimum atomic E-state index is -0.894. The van der Waals surface area contributed by atoms with E-state index in [0.29, 0.717) is 0 Å². The molecule has 15 heavy (non-hydrogen) atoms. The van der Waals surface area contributed by atoms with Crippen LogP contribution < -0.4 is 5.73 Å². The first kappa shape index (κ1) is 9.90. The fourth-order valence-corrected chi connectivity index (χ4v) is 1.50. The average Bonchev–Trinajstić information content (AvgIpc) is 2.30. The van der Waals surface area contributed by atoms with Gasteiger partial charge >= 0.3 is 0 Å². The third-order valence-electron chi connectivity index (χ3n) is 2.36. The number of rotatable bonds is 2. The van der Waals surface area contributed by atoms with Gasteiger partial charge in [-0.1, -0.05) is 54.6 Å². The summed E-state index contributed by atoms with van der Waals surface area (Å²) in [6, 6.07) is 17.7. The van der Waals surface area contributed by atoms with Crippen molar-refractivity contribution < 1.29 is 5.11 Å². The van der Waals surface area contributed by atoms with Gasteiger partial charge in [0.25, 0.3) is 0 Å². The van der Waals surface area contributed by atoms with Crippen LogP contribution in [0.15, 0.2) is 54.6 Å². The van der Waals surface area contributed by atoms with Crippen LogP contribution in [0.25, 0.3) is 11.1 Å². The fraction of sp³-hybridized carbons (Fsp3) is 0.0769. The van der Waals surface area contributed by atoms with E-state index < -0.39 is 6.23 Å². The van der Waals surface area contributed by atoms with Crippen LogP contribution >= 0.6 is 0 Å². The summed E-state index contributed by atoms with van der Waals surface area (Å²) in [4.78, 5) is 0. The molecule has 0 saturated carbocycles. The molecule has 0 heterocycles. The normalized spacial score (nSPS) is 12.4. The number of aliphatic hydroxyl groups excluding tert-OH is 1. The Labute approximate surface area is 89.0 Å². The molecular formula is C13H13NO. The van der Waals surface area contributed by atoms with Gasteiger partial charge in [0.05, 0.1) is 0 Å². The molecule has 0 fully saturated rings. The van der Waals surface area contributed by atoms with Crippen molar-refractivity contribution in [2.24, 2.45) is 5.73 Å². The number of nitrogens with two attached hydrogens (primary N) is 1. The Hall–Kier alpha value is -1.64. The van der Waals surface area contributed by atoms with Gasteiger partial charge in [-0.2, -0.15) is 0 Å². The molecule has 0 aliphatic heterocycles. The molecule has 0 bridgehead atoms. The Bertz CT molecular complexity index is 420. The zero-order chi connectivity index (χ0) is 10.7. The smallest absolute Gasteiger partial charge is 0.128 e. The standard InChI is InChI=1S/C13H13NO/c14-13(15)12-8-6-11(7-9-12)10-4-2-1-3-5-10/h1-9,13,15H,14H2. The summed E-state index contributed by atoms with van der Waals surface area (Å²) < 4.78 is 0. The van der Waals surface area contributed by atoms with E-state index in [0.717, 1.165) is 16.7 Å². The van der Waals surface area contributed by atoms with Crippen LogP contribution in [0.2, 0.25) is 0 Å². The SMILES string of the molecule is NC(O)c1ccc(-c2ccccc2)cc1. The summed E-state index contributed by atoms with van der Waals surface area (Å²) in [6.07, 6.45) is -0.894. The highest BCUT2D eigenvalue weighted by molar-refractivity contribution is 5.63. The summed E-state index contributed by atoms with van der Waals surface area (Å²) in [6.45, 7) is 0. The lowest BCUT2D eigenvalue weighted by Gasteiger charge is -2.06. The molecule has 0 aromatic heterocycles. The van der Waals surface area contributed by atoms with Crippen LogP contribution in [-0.4, -0.2) is 5.11 Å². The first-order valence-corrected chi connectivity index (χ1v) is 4.86. The number of hydrogen-bond acceptors (Lipinski definition) is 2. The fourth-order valence-electron chi connectivity index (χ4n) is 1.50. The van der Waals surface area contributed by atoms with Gasteiger partial charge in [0.1, 0.15) is 6.23 Å². The summed E-state index contributed by atoms with van der Waals surface area (Å²) in [5.41, 5.74) is 8.38. The van der Waals surface area contributed by atoms with Crippen LogP contribution in [0.5, 0.6) is 0 Å². The average molecular weight is 199 g/mol. The van der Waals surface area contributed by atoms with Crippen molar-refractivity contribution in [3.63, 3.8) is 0 Å². The van der Waals surface area contributed by atoms with Crippen LogP contribution in [0, 0.1) is 0 Å². The molecule has 2 rings (SSSR count). The Morgan fingerprint density at radius 3 is 1.87 bits per heavy atom. The largest absolute Gasteiger partial charge is 0.375 e. The molecule has 0 aliphatic rings. The Kier molecular flexibility index (Phi) is 2.81. The van der Waals surface area contributed by atoms with Crippen molar-refractivity contribution in [1.82, 2.24) is 0 Å². The van der Waals surface area contributed by atoms with Crippen LogP contribution in [0.1, 0.15) is 11.8 Å². The summed E-state index contributed by atoms with van der Waals surface area (Å²) in [7, 11) is 0. The second kappa shape index (κ2) is 4.26. The summed E-state index contributed by atoms with van der Waals surface area (Å²) >= 11 is 0. The molecule has 2 heteroatoms. The van der Waals surface area contributed by atoms with Gasteiger partial charge < -0.3 is 10.8 Å². The van der Waals surface area contributed by atoms with E-state index in [1.54, 1.807) is 0 Å². The molecule has 2 aromatic carbocycles. The molecule has 3 N–H and O–H groups in total. The summed E-state index contributed by atoms with van der Waals surface area (Å²) in [5.74, 6) is 0. The Balaban J connectivity index is 2.32. The molecule has 2 nitrogen and oxygen atoms in total. The van der Waals surface area contributed by atoms with E-state index in [9.17, 15) is 0 Å². The third kappa shape index (κ3) is 2.24. The van der Waals surface area contributed by atoms with Gasteiger partial charge in [-0.25, -0.2) is 0 Å². The third-order valence-corrected chi connectivity index (χ3v) is 2.36. The van der Waals surface area contributed by atoms with Crippen LogP contribution in [-0.2, 0) is 0 Å². The first-order valence-electron chi connectivity index (χ1n) is 4.86. The second-order valence-electron chi connectivity index (χ2n) is 3.43. The van der Waals surface area contributed by atoms with Crippen molar-refractivity contribution >= 4 is 0 Å².